The van der Waals surface area contributed by atoms with Crippen LogP contribution in [-0.2, 0) is 9.59 Å². The number of rotatable bonds is 4. The van der Waals surface area contributed by atoms with Crippen LogP contribution in [0.4, 0.5) is 5.69 Å². The number of Topliss-reactive ketones (excluding diaryl/α,β-unsaturated/α-hetero) is 1. The second-order valence-corrected chi connectivity index (χ2v) is 7.74. The first kappa shape index (κ1) is 21.0. The number of nitrogens with zero attached hydrogens (tertiary/aromatic N) is 1. The molecule has 3 aromatic rings. The van der Waals surface area contributed by atoms with Crippen LogP contribution in [0.15, 0.2) is 78.4 Å². The smallest absolute Gasteiger partial charge is 0.300 e. The van der Waals surface area contributed by atoms with Gasteiger partial charge in [-0.1, -0.05) is 47.5 Å². The van der Waals surface area contributed by atoms with E-state index < -0.39 is 17.7 Å². The molecule has 5 nitrogen and oxygen atoms in total. The lowest BCUT2D eigenvalue weighted by Crippen LogP contribution is -2.29. The van der Waals surface area contributed by atoms with Gasteiger partial charge in [0.1, 0.15) is 11.5 Å². The van der Waals surface area contributed by atoms with Crippen molar-refractivity contribution in [1.29, 1.82) is 0 Å². The van der Waals surface area contributed by atoms with E-state index in [4.69, 9.17) is 27.9 Å². The van der Waals surface area contributed by atoms with E-state index in [2.05, 4.69) is 0 Å². The molecular weight excluding hydrogens is 437 g/mol. The molecule has 1 heterocycles. The third kappa shape index (κ3) is 3.78. The van der Waals surface area contributed by atoms with Gasteiger partial charge < -0.3 is 9.84 Å². The van der Waals surface area contributed by atoms with Crippen LogP contribution in [0.5, 0.6) is 5.75 Å². The van der Waals surface area contributed by atoms with Gasteiger partial charge in [-0.3, -0.25) is 14.5 Å². The van der Waals surface area contributed by atoms with E-state index in [0.717, 1.165) is 0 Å². The summed E-state index contributed by atoms with van der Waals surface area (Å²) in [6.45, 7) is 0. The lowest BCUT2D eigenvalue weighted by atomic mass is 9.95. The van der Waals surface area contributed by atoms with Crippen LogP contribution in [-0.4, -0.2) is 23.9 Å². The number of anilines is 1. The molecule has 0 bridgehead atoms. The van der Waals surface area contributed by atoms with Crippen molar-refractivity contribution in [3.8, 4) is 5.75 Å². The first-order valence-electron chi connectivity index (χ1n) is 9.38. The van der Waals surface area contributed by atoms with Crippen molar-refractivity contribution in [2.45, 2.75) is 6.04 Å². The molecule has 0 saturated carbocycles. The summed E-state index contributed by atoms with van der Waals surface area (Å²) < 4.78 is 5.19. The van der Waals surface area contributed by atoms with Gasteiger partial charge in [-0.05, 0) is 54.1 Å². The van der Waals surface area contributed by atoms with E-state index in [1.54, 1.807) is 79.9 Å². The fourth-order valence-corrected chi connectivity index (χ4v) is 3.95. The highest BCUT2D eigenvalue weighted by molar-refractivity contribution is 6.52. The van der Waals surface area contributed by atoms with Crippen LogP contribution in [0.25, 0.3) is 5.76 Å². The van der Waals surface area contributed by atoms with Crippen LogP contribution in [0, 0.1) is 0 Å². The van der Waals surface area contributed by atoms with Crippen molar-refractivity contribution >= 4 is 46.3 Å². The number of halogens is 2. The van der Waals surface area contributed by atoms with E-state index in [-0.39, 0.29) is 21.9 Å². The number of amides is 1. The molecular formula is C24H17Cl2NO4. The summed E-state index contributed by atoms with van der Waals surface area (Å²) in [5.41, 5.74) is 1.33. The summed E-state index contributed by atoms with van der Waals surface area (Å²) in [5, 5.41) is 11.9. The number of carbonyl (C=O) groups is 2. The van der Waals surface area contributed by atoms with Crippen molar-refractivity contribution < 1.29 is 19.4 Å². The van der Waals surface area contributed by atoms with E-state index in [0.29, 0.717) is 22.0 Å². The number of ether oxygens (including phenoxy) is 1. The summed E-state index contributed by atoms with van der Waals surface area (Å²) in [6.07, 6.45) is 0. The molecule has 156 valence electrons. The van der Waals surface area contributed by atoms with E-state index in [1.165, 1.54) is 4.90 Å². The standard InChI is InChI=1S/C24H17Cl2NO4/c1-31-17-12-10-16(11-13-17)27-21(14-6-8-15(25)9-7-14)20(23(29)24(27)30)22(28)18-4-2-3-5-19(18)26/h2-13,21,28H,1H3. The molecule has 0 spiro atoms. The summed E-state index contributed by atoms with van der Waals surface area (Å²) in [7, 11) is 1.54. The van der Waals surface area contributed by atoms with E-state index in [1.807, 2.05) is 0 Å². The van der Waals surface area contributed by atoms with E-state index >= 15 is 0 Å². The van der Waals surface area contributed by atoms with Crippen LogP contribution < -0.4 is 9.64 Å². The highest BCUT2D eigenvalue weighted by Crippen LogP contribution is 2.43. The van der Waals surface area contributed by atoms with Gasteiger partial charge >= 0.3 is 0 Å². The maximum absolute atomic E-state index is 13.1. The second kappa shape index (κ2) is 8.46. The number of hydrogen-bond acceptors (Lipinski definition) is 4. The number of aliphatic hydroxyl groups is 1. The quantitative estimate of drug-likeness (QED) is 0.315. The van der Waals surface area contributed by atoms with E-state index in [9.17, 15) is 14.7 Å². The summed E-state index contributed by atoms with van der Waals surface area (Å²) in [4.78, 5) is 27.5. The van der Waals surface area contributed by atoms with Crippen molar-refractivity contribution in [2.75, 3.05) is 12.0 Å². The number of ketones is 1. The first-order chi connectivity index (χ1) is 14.9. The molecule has 1 atom stereocenters. The Morgan fingerprint density at radius 1 is 0.935 bits per heavy atom. The Morgan fingerprint density at radius 2 is 1.58 bits per heavy atom. The molecule has 1 aliphatic rings. The van der Waals surface area contributed by atoms with Gasteiger partial charge in [0.05, 0.1) is 23.7 Å². The molecule has 0 aliphatic carbocycles. The van der Waals surface area contributed by atoms with Crippen LogP contribution in [0.3, 0.4) is 0 Å². The molecule has 1 amide bonds. The molecule has 1 unspecified atom stereocenters. The SMILES string of the molecule is COc1ccc(N2C(=O)C(=O)C(=C(O)c3ccccc3Cl)C2c2ccc(Cl)cc2)cc1. The number of benzene rings is 3. The lowest BCUT2D eigenvalue weighted by molar-refractivity contribution is -0.132. The molecule has 1 saturated heterocycles. The number of carbonyl (C=O) groups excluding carboxylic acids is 2. The molecule has 1 N–H and O–H groups in total. The normalized spacial score (nSPS) is 17.8. The number of aliphatic hydroxyl groups excluding tert-OH is 1. The molecule has 7 heteroatoms. The third-order valence-electron chi connectivity index (χ3n) is 5.11. The van der Waals surface area contributed by atoms with Crippen molar-refractivity contribution in [3.63, 3.8) is 0 Å². The zero-order valence-corrected chi connectivity index (χ0v) is 17.9. The zero-order chi connectivity index (χ0) is 22.1. The number of hydrogen-bond donors (Lipinski definition) is 1. The number of methoxy groups -OCH3 is 1. The molecule has 0 radical (unpaired) electrons. The van der Waals surface area contributed by atoms with Crippen molar-refractivity contribution in [3.05, 3.63) is 99.5 Å². The van der Waals surface area contributed by atoms with Gasteiger partial charge in [-0.15, -0.1) is 0 Å². The highest BCUT2D eigenvalue weighted by Gasteiger charge is 2.47. The topological polar surface area (TPSA) is 66.8 Å². The molecule has 31 heavy (non-hydrogen) atoms. The molecule has 1 aliphatic heterocycles. The van der Waals surface area contributed by atoms with Gasteiger partial charge in [-0.2, -0.15) is 0 Å². The highest BCUT2D eigenvalue weighted by atomic mass is 35.5. The predicted molar refractivity (Wildman–Crippen MR) is 121 cm³/mol. The minimum Gasteiger partial charge on any atom is -0.507 e. The second-order valence-electron chi connectivity index (χ2n) is 6.90. The van der Waals surface area contributed by atoms with Crippen molar-refractivity contribution in [2.24, 2.45) is 0 Å². The fourth-order valence-electron chi connectivity index (χ4n) is 3.60. The largest absolute Gasteiger partial charge is 0.507 e. The molecule has 0 aromatic heterocycles. The zero-order valence-electron chi connectivity index (χ0n) is 16.4. The van der Waals surface area contributed by atoms with Gasteiger partial charge in [-0.25, -0.2) is 0 Å². The molecule has 1 fully saturated rings. The average Bonchev–Trinajstić information content (AvgIpc) is 3.05. The Morgan fingerprint density at radius 3 is 2.19 bits per heavy atom. The first-order valence-corrected chi connectivity index (χ1v) is 10.1. The average molecular weight is 454 g/mol. The summed E-state index contributed by atoms with van der Waals surface area (Å²) >= 11 is 12.3. The summed E-state index contributed by atoms with van der Waals surface area (Å²) in [5.74, 6) is -1.27. The lowest BCUT2D eigenvalue weighted by Gasteiger charge is -2.25. The molecule has 3 aromatic carbocycles. The fraction of sp³-hybridized carbons (Fsp3) is 0.0833. The molecule has 4 rings (SSSR count). The van der Waals surface area contributed by atoms with Gasteiger partial charge in [0, 0.05) is 16.3 Å². The maximum atomic E-state index is 13.1. The van der Waals surface area contributed by atoms with Crippen LogP contribution >= 0.6 is 23.2 Å². The van der Waals surface area contributed by atoms with Gasteiger partial charge in [0.25, 0.3) is 11.7 Å². The van der Waals surface area contributed by atoms with Crippen molar-refractivity contribution in [1.82, 2.24) is 0 Å². The van der Waals surface area contributed by atoms with Crippen LogP contribution in [0.1, 0.15) is 17.2 Å². The monoisotopic (exact) mass is 453 g/mol. The Bertz CT molecular complexity index is 1190. The van der Waals surface area contributed by atoms with Gasteiger partial charge in [0.2, 0.25) is 0 Å². The predicted octanol–water partition coefficient (Wildman–Crippen LogP) is 5.63. The Balaban J connectivity index is 1.94. The van der Waals surface area contributed by atoms with Gasteiger partial charge in [0.15, 0.2) is 0 Å². The maximum Gasteiger partial charge on any atom is 0.300 e. The summed E-state index contributed by atoms with van der Waals surface area (Å²) in [6, 6.07) is 19.3. The van der Waals surface area contributed by atoms with Crippen LogP contribution in [0.2, 0.25) is 10.0 Å². The Kier molecular flexibility index (Phi) is 5.72. The Hall–Kier alpha value is -3.28. The minimum atomic E-state index is -0.859. The minimum absolute atomic E-state index is 0.0451. The third-order valence-corrected chi connectivity index (χ3v) is 5.69. The Labute approximate surface area is 189 Å².